The van der Waals surface area contributed by atoms with E-state index in [9.17, 15) is 4.79 Å². The van der Waals surface area contributed by atoms with Crippen LogP contribution in [0.25, 0.3) is 6.20 Å². The Labute approximate surface area is 122 Å². The molecule has 5 heteroatoms. The van der Waals surface area contributed by atoms with Crippen molar-refractivity contribution in [2.45, 2.75) is 0 Å². The van der Waals surface area contributed by atoms with Crippen molar-refractivity contribution >= 4 is 29.4 Å². The van der Waals surface area contributed by atoms with E-state index in [1.807, 2.05) is 12.1 Å². The van der Waals surface area contributed by atoms with Gasteiger partial charge in [0.15, 0.2) is 5.78 Å². The molecule has 19 heavy (non-hydrogen) atoms. The molecule has 0 fully saturated rings. The van der Waals surface area contributed by atoms with Crippen LogP contribution >= 0.6 is 11.6 Å². The fourth-order valence-corrected chi connectivity index (χ4v) is 1.59. The first-order chi connectivity index (χ1) is 8.66. The number of hydrogen-bond acceptors (Lipinski definition) is 2. The van der Waals surface area contributed by atoms with Crippen molar-refractivity contribution in [1.82, 2.24) is 0 Å². The number of rotatable bonds is 3. The van der Waals surface area contributed by atoms with Crippen LogP contribution < -0.4 is 22.7 Å². The Hall–Kier alpha value is -1.84. The number of hydrogen-bond donors (Lipinski definition) is 1. The number of benzene rings is 1. The smallest absolute Gasteiger partial charge is 0.276 e. The molecule has 0 saturated heterocycles. The molecule has 3 nitrogen and oxygen atoms in total. The van der Waals surface area contributed by atoms with E-state index in [4.69, 9.17) is 17.3 Å². The van der Waals surface area contributed by atoms with Gasteiger partial charge >= 0.3 is 0 Å². The van der Waals surface area contributed by atoms with Crippen molar-refractivity contribution in [1.29, 1.82) is 0 Å². The fraction of sp³-hybridized carbons (Fsp3) is 0. The number of ketones is 1. The number of nitrogens with zero attached hydrogens (tertiary/aromatic N) is 1. The Kier molecular flexibility index (Phi) is 5.55. The van der Waals surface area contributed by atoms with Crippen LogP contribution in [0.15, 0.2) is 54.7 Å². The molecule has 0 saturated carbocycles. The monoisotopic (exact) mass is 294 g/mol. The Morgan fingerprint density at radius 2 is 1.84 bits per heavy atom. The number of aromatic nitrogens is 1. The Morgan fingerprint density at radius 1 is 1.16 bits per heavy atom. The van der Waals surface area contributed by atoms with Crippen molar-refractivity contribution in [3.8, 4) is 0 Å². The van der Waals surface area contributed by atoms with Gasteiger partial charge in [-0.3, -0.25) is 10.5 Å². The van der Waals surface area contributed by atoms with Crippen molar-refractivity contribution in [2.24, 2.45) is 0 Å². The molecule has 2 rings (SSSR count). The predicted octanol–water partition coefficient (Wildman–Crippen LogP) is -0.433. The van der Waals surface area contributed by atoms with E-state index < -0.39 is 0 Å². The van der Waals surface area contributed by atoms with E-state index in [1.54, 1.807) is 47.3 Å². The highest BCUT2D eigenvalue weighted by molar-refractivity contribution is 6.30. The van der Waals surface area contributed by atoms with E-state index in [2.05, 4.69) is 0 Å². The Morgan fingerprint density at radius 3 is 2.47 bits per heavy atom. The summed E-state index contributed by atoms with van der Waals surface area (Å²) >= 11 is 5.76. The van der Waals surface area contributed by atoms with Gasteiger partial charge in [0.1, 0.15) is 0 Å². The molecule has 98 valence electrons. The molecule has 1 heterocycles. The minimum absolute atomic E-state index is 0. The van der Waals surface area contributed by atoms with E-state index in [0.29, 0.717) is 16.4 Å². The zero-order chi connectivity index (χ0) is 13.0. The first-order valence-electron chi connectivity index (χ1n) is 5.40. The summed E-state index contributed by atoms with van der Waals surface area (Å²) in [7, 11) is 0. The summed E-state index contributed by atoms with van der Waals surface area (Å²) < 4.78 is 1.67. The largest absolute Gasteiger partial charge is 1.00 e. The summed E-state index contributed by atoms with van der Waals surface area (Å²) in [5, 5.41) is 0.609. The first-order valence-corrected chi connectivity index (χ1v) is 5.78. The second kappa shape index (κ2) is 6.92. The van der Waals surface area contributed by atoms with Crippen LogP contribution in [0, 0.1) is 0 Å². The number of nitrogen functional groups attached to an aromatic ring is 1. The molecule has 2 N–H and O–H groups in total. The van der Waals surface area contributed by atoms with Gasteiger partial charge < -0.3 is 12.4 Å². The molecule has 0 aliphatic rings. The van der Waals surface area contributed by atoms with Crippen molar-refractivity contribution in [3.63, 3.8) is 0 Å². The summed E-state index contributed by atoms with van der Waals surface area (Å²) in [6, 6.07) is 12.2. The van der Waals surface area contributed by atoms with Crippen LogP contribution in [0.3, 0.4) is 0 Å². The molecule has 0 aliphatic heterocycles. The number of anilines is 1. The molecule has 0 bridgehead atoms. The van der Waals surface area contributed by atoms with Gasteiger partial charge in [0.25, 0.3) is 5.82 Å². The van der Waals surface area contributed by atoms with Crippen molar-refractivity contribution < 1.29 is 21.8 Å². The molecule has 0 atom stereocenters. The van der Waals surface area contributed by atoms with Crippen molar-refractivity contribution in [2.75, 3.05) is 5.73 Å². The van der Waals surface area contributed by atoms with Crippen molar-refractivity contribution in [3.05, 3.63) is 65.3 Å². The maximum Gasteiger partial charge on any atom is 0.276 e. The highest BCUT2D eigenvalue weighted by atomic mass is 35.5. The van der Waals surface area contributed by atoms with Gasteiger partial charge in [0.2, 0.25) is 0 Å². The number of allylic oxidation sites excluding steroid dienone is 1. The topological polar surface area (TPSA) is 47.0 Å². The second-order valence-corrected chi connectivity index (χ2v) is 4.16. The summed E-state index contributed by atoms with van der Waals surface area (Å²) in [5.74, 6) is 0.472. The lowest BCUT2D eigenvalue weighted by Crippen LogP contribution is -3.00. The zero-order valence-electron chi connectivity index (χ0n) is 9.96. The number of nitrogens with two attached hydrogens (primary N) is 1. The number of carbonyl (C=O) groups excluding carboxylic acids is 1. The summed E-state index contributed by atoms with van der Waals surface area (Å²) in [5.41, 5.74) is 6.34. The summed E-state index contributed by atoms with van der Waals surface area (Å²) in [4.78, 5) is 11.9. The third kappa shape index (κ3) is 4.09. The fourth-order valence-electron chi connectivity index (χ4n) is 1.46. The summed E-state index contributed by atoms with van der Waals surface area (Å²) in [6.45, 7) is 0. The quantitative estimate of drug-likeness (QED) is 0.474. The number of carbonyl (C=O) groups is 1. The highest BCUT2D eigenvalue weighted by Gasteiger charge is 2.03. The third-order valence-electron chi connectivity index (χ3n) is 2.44. The highest BCUT2D eigenvalue weighted by Crippen LogP contribution is 2.10. The average Bonchev–Trinajstić information content (AvgIpc) is 2.38. The first kappa shape index (κ1) is 15.2. The normalized spacial score (nSPS) is 10.2. The van der Waals surface area contributed by atoms with Crippen LogP contribution in [-0.2, 0) is 0 Å². The van der Waals surface area contributed by atoms with E-state index >= 15 is 0 Å². The van der Waals surface area contributed by atoms with Gasteiger partial charge in [-0.1, -0.05) is 17.7 Å². The van der Waals surface area contributed by atoms with Crippen LogP contribution in [0.5, 0.6) is 0 Å². The Bertz CT molecular complexity index is 595. The molecular formula is C14H12Cl2N2O. The Balaban J connectivity index is 0.00000180. The number of halogens is 2. The van der Waals surface area contributed by atoms with E-state index in [0.717, 1.165) is 0 Å². The molecule has 0 spiro atoms. The molecule has 0 unspecified atom stereocenters. The molecule has 0 amide bonds. The summed E-state index contributed by atoms with van der Waals surface area (Å²) in [6.07, 6.45) is 4.88. The molecule has 0 radical (unpaired) electrons. The van der Waals surface area contributed by atoms with Gasteiger partial charge in [-0.25, -0.2) is 4.57 Å². The van der Waals surface area contributed by atoms with Crippen LogP contribution in [0.1, 0.15) is 10.4 Å². The van der Waals surface area contributed by atoms with Gasteiger partial charge in [-0.05, 0) is 30.3 Å². The SMILES string of the molecule is Nc1cccc[n+]1/C=C/C(=O)c1ccc(Cl)cc1.[Cl-]. The maximum absolute atomic E-state index is 11.9. The van der Waals surface area contributed by atoms with Gasteiger partial charge in [-0.15, -0.1) is 0 Å². The van der Waals surface area contributed by atoms with Gasteiger partial charge in [-0.2, -0.15) is 0 Å². The zero-order valence-corrected chi connectivity index (χ0v) is 11.5. The standard InChI is InChI=1S/C14H11ClN2O.ClH/c15-12-6-4-11(5-7-12)13(18)8-10-17-9-2-1-3-14(17)16;/h1-10,16H;1H/b10-8+;. The van der Waals surface area contributed by atoms with E-state index in [1.165, 1.54) is 6.08 Å². The minimum Gasteiger partial charge on any atom is -1.00 e. The molecule has 2 aromatic rings. The predicted molar refractivity (Wildman–Crippen MR) is 72.2 cm³/mol. The molecule has 1 aromatic carbocycles. The second-order valence-electron chi connectivity index (χ2n) is 3.72. The van der Waals surface area contributed by atoms with Crippen LogP contribution in [-0.4, -0.2) is 5.78 Å². The third-order valence-corrected chi connectivity index (χ3v) is 2.69. The average molecular weight is 295 g/mol. The molecule has 1 aromatic heterocycles. The molecule has 0 aliphatic carbocycles. The maximum atomic E-state index is 11.9. The lowest BCUT2D eigenvalue weighted by atomic mass is 10.1. The van der Waals surface area contributed by atoms with Crippen LogP contribution in [0.2, 0.25) is 5.02 Å². The van der Waals surface area contributed by atoms with Crippen LogP contribution in [0.4, 0.5) is 5.82 Å². The minimum atomic E-state index is -0.0950. The molecular weight excluding hydrogens is 283 g/mol. The number of pyridine rings is 1. The van der Waals surface area contributed by atoms with E-state index in [-0.39, 0.29) is 18.2 Å². The van der Waals surface area contributed by atoms with Gasteiger partial charge in [0.05, 0.1) is 12.4 Å². The van der Waals surface area contributed by atoms with Gasteiger partial charge in [0, 0.05) is 22.7 Å². The lowest BCUT2D eigenvalue weighted by molar-refractivity contribution is -0.552. The lowest BCUT2D eigenvalue weighted by Gasteiger charge is -1.96.